The molecule has 2 aliphatic rings. The van der Waals surface area contributed by atoms with Crippen LogP contribution in [0.5, 0.6) is 0 Å². The summed E-state index contributed by atoms with van der Waals surface area (Å²) in [6, 6.07) is 0. The van der Waals surface area contributed by atoms with Crippen LogP contribution in [0.1, 0.15) is 66.2 Å². The summed E-state index contributed by atoms with van der Waals surface area (Å²) in [5, 5.41) is 32.2. The zero-order chi connectivity index (χ0) is 18.9. The Bertz CT molecular complexity index is 562. The van der Waals surface area contributed by atoms with Gasteiger partial charge in [0.2, 0.25) is 0 Å². The van der Waals surface area contributed by atoms with Crippen molar-refractivity contribution in [3.63, 3.8) is 0 Å². The molecule has 4 atom stereocenters. The summed E-state index contributed by atoms with van der Waals surface area (Å²) < 4.78 is 5.64. The van der Waals surface area contributed by atoms with E-state index >= 15 is 0 Å². The molecule has 0 aromatic carbocycles. The van der Waals surface area contributed by atoms with E-state index in [1.54, 1.807) is 26.0 Å². The van der Waals surface area contributed by atoms with Crippen molar-refractivity contribution in [3.05, 3.63) is 23.8 Å². The molecule has 0 aromatic rings. The van der Waals surface area contributed by atoms with Crippen molar-refractivity contribution < 1.29 is 24.9 Å². The summed E-state index contributed by atoms with van der Waals surface area (Å²) in [4.78, 5) is 12.5. The van der Waals surface area contributed by atoms with Crippen molar-refractivity contribution in [1.82, 2.24) is 0 Å². The van der Waals surface area contributed by atoms with Crippen molar-refractivity contribution >= 4 is 5.97 Å². The third kappa shape index (κ3) is 4.72. The van der Waals surface area contributed by atoms with Gasteiger partial charge in [-0.25, -0.2) is 4.79 Å². The topological polar surface area (TPSA) is 87.0 Å². The Labute approximate surface area is 150 Å². The number of carbonyl (C=O) groups excluding carboxylic acids is 1. The molecule has 5 nitrogen and oxygen atoms in total. The molecule has 2 rings (SSSR count). The number of hydrogen-bond donors (Lipinski definition) is 3. The van der Waals surface area contributed by atoms with Crippen molar-refractivity contribution in [2.24, 2.45) is 5.92 Å². The lowest BCUT2D eigenvalue weighted by atomic mass is 9.82. The van der Waals surface area contributed by atoms with Crippen LogP contribution in [-0.2, 0) is 9.53 Å². The molecule has 2 heterocycles. The predicted molar refractivity (Wildman–Crippen MR) is 95.8 cm³/mol. The van der Waals surface area contributed by atoms with Gasteiger partial charge in [-0.3, -0.25) is 0 Å². The largest absolute Gasteiger partial charge is 0.453 e. The monoisotopic (exact) mass is 352 g/mol. The van der Waals surface area contributed by atoms with E-state index in [9.17, 15) is 20.1 Å². The standard InChI is InChI=1S/C20H32O5/c1-14(2)20(24)11-7-15-6-5-9-19(4,25-17(15)22)16(21)8-10-18(3,23)12-13-20/h6,12-14,16,21,23-24H,5,7-11H2,1-4H3/b13-12+/t16-,18+,19+,20-/m0/s1. The van der Waals surface area contributed by atoms with E-state index in [0.717, 1.165) is 0 Å². The molecule has 5 heteroatoms. The van der Waals surface area contributed by atoms with Crippen molar-refractivity contribution in [2.45, 2.75) is 89.1 Å². The van der Waals surface area contributed by atoms with E-state index in [1.165, 1.54) is 0 Å². The molecular formula is C20H32O5. The molecule has 2 aliphatic heterocycles. The minimum absolute atomic E-state index is 0.0667. The number of aliphatic hydroxyl groups excluding tert-OH is 1. The Balaban J connectivity index is 2.39. The summed E-state index contributed by atoms with van der Waals surface area (Å²) in [5.41, 5.74) is -2.68. The highest BCUT2D eigenvalue weighted by molar-refractivity contribution is 5.89. The van der Waals surface area contributed by atoms with Gasteiger partial charge in [-0.05, 0) is 58.3 Å². The second-order valence-corrected chi connectivity index (χ2v) is 8.36. The maximum atomic E-state index is 12.5. The summed E-state index contributed by atoms with van der Waals surface area (Å²) in [6.07, 6.45) is 6.84. The smallest absolute Gasteiger partial charge is 0.334 e. The first-order valence-corrected chi connectivity index (χ1v) is 9.23. The van der Waals surface area contributed by atoms with Gasteiger partial charge in [0.05, 0.1) is 17.3 Å². The zero-order valence-corrected chi connectivity index (χ0v) is 15.8. The second kappa shape index (κ2) is 7.22. The van der Waals surface area contributed by atoms with Crippen LogP contribution in [0.15, 0.2) is 23.8 Å². The molecule has 0 amide bonds. The third-order valence-corrected chi connectivity index (χ3v) is 5.77. The molecule has 0 aromatic heterocycles. The molecule has 0 saturated carbocycles. The predicted octanol–water partition coefficient (Wildman–Crippen LogP) is 2.64. The fraction of sp³-hybridized carbons (Fsp3) is 0.750. The first-order chi connectivity index (χ1) is 11.5. The maximum absolute atomic E-state index is 12.5. The van der Waals surface area contributed by atoms with Crippen LogP contribution in [0.25, 0.3) is 0 Å². The fourth-order valence-corrected chi connectivity index (χ4v) is 3.42. The SMILES string of the molecule is CC(C)[C@@]1(O)/C=C/[C@](C)(O)CC[C@H](O)[C@@]2(C)CCC=C(CC1)C(=O)O2. The number of hydrogen-bond acceptors (Lipinski definition) is 5. The molecule has 2 bridgehead atoms. The van der Waals surface area contributed by atoms with E-state index in [0.29, 0.717) is 44.1 Å². The molecule has 25 heavy (non-hydrogen) atoms. The highest BCUT2D eigenvalue weighted by atomic mass is 16.6. The number of esters is 1. The van der Waals surface area contributed by atoms with Gasteiger partial charge in [0, 0.05) is 5.57 Å². The summed E-state index contributed by atoms with van der Waals surface area (Å²) in [7, 11) is 0. The van der Waals surface area contributed by atoms with E-state index in [4.69, 9.17) is 4.74 Å². The molecular weight excluding hydrogens is 320 g/mol. The third-order valence-electron chi connectivity index (χ3n) is 5.77. The van der Waals surface area contributed by atoms with E-state index in [-0.39, 0.29) is 5.92 Å². The Morgan fingerprint density at radius 2 is 1.84 bits per heavy atom. The molecule has 0 aliphatic carbocycles. The molecule has 0 fully saturated rings. The van der Waals surface area contributed by atoms with Gasteiger partial charge in [-0.15, -0.1) is 0 Å². The average molecular weight is 352 g/mol. The van der Waals surface area contributed by atoms with E-state index in [1.807, 2.05) is 19.9 Å². The summed E-state index contributed by atoms with van der Waals surface area (Å²) in [6.45, 7) is 7.24. The Morgan fingerprint density at radius 3 is 2.48 bits per heavy atom. The average Bonchev–Trinajstić information content (AvgIpc) is 2.67. The number of aliphatic hydroxyl groups is 3. The lowest BCUT2D eigenvalue weighted by Crippen LogP contribution is -2.44. The first kappa shape index (κ1) is 20.1. The summed E-state index contributed by atoms with van der Waals surface area (Å²) >= 11 is 0. The number of rotatable bonds is 1. The Morgan fingerprint density at radius 1 is 1.16 bits per heavy atom. The minimum Gasteiger partial charge on any atom is -0.453 e. The fourth-order valence-electron chi connectivity index (χ4n) is 3.42. The minimum atomic E-state index is -1.15. The molecule has 3 N–H and O–H groups in total. The van der Waals surface area contributed by atoms with Gasteiger partial charge in [-0.2, -0.15) is 0 Å². The van der Waals surface area contributed by atoms with Crippen LogP contribution in [-0.4, -0.2) is 44.2 Å². The molecule has 0 saturated heterocycles. The van der Waals surface area contributed by atoms with Gasteiger partial charge in [-0.1, -0.05) is 32.1 Å². The van der Waals surface area contributed by atoms with Crippen LogP contribution in [0, 0.1) is 5.92 Å². The van der Waals surface area contributed by atoms with Crippen molar-refractivity contribution in [1.29, 1.82) is 0 Å². The van der Waals surface area contributed by atoms with Gasteiger partial charge in [0.15, 0.2) is 0 Å². The Hall–Kier alpha value is -1.17. The first-order valence-electron chi connectivity index (χ1n) is 9.23. The molecule has 0 unspecified atom stereocenters. The number of ether oxygens (including phenoxy) is 1. The number of allylic oxidation sites excluding steroid dienone is 1. The van der Waals surface area contributed by atoms with Crippen LogP contribution < -0.4 is 0 Å². The number of fused-ring (bicyclic) bond motifs is 3. The van der Waals surface area contributed by atoms with Gasteiger partial charge < -0.3 is 20.1 Å². The molecule has 142 valence electrons. The van der Waals surface area contributed by atoms with E-state index < -0.39 is 28.9 Å². The van der Waals surface area contributed by atoms with Gasteiger partial charge >= 0.3 is 5.97 Å². The highest BCUT2D eigenvalue weighted by Crippen LogP contribution is 2.35. The van der Waals surface area contributed by atoms with Gasteiger partial charge in [0.25, 0.3) is 0 Å². The van der Waals surface area contributed by atoms with Crippen LogP contribution in [0.3, 0.4) is 0 Å². The van der Waals surface area contributed by atoms with Gasteiger partial charge in [0.1, 0.15) is 5.60 Å². The van der Waals surface area contributed by atoms with Crippen LogP contribution in [0.2, 0.25) is 0 Å². The number of carbonyl (C=O) groups is 1. The maximum Gasteiger partial charge on any atom is 0.334 e. The Kier molecular flexibility index (Phi) is 5.81. The van der Waals surface area contributed by atoms with Crippen LogP contribution >= 0.6 is 0 Å². The lowest BCUT2D eigenvalue weighted by Gasteiger charge is -2.34. The van der Waals surface area contributed by atoms with Crippen molar-refractivity contribution in [3.8, 4) is 0 Å². The normalized spacial score (nSPS) is 41.8. The highest BCUT2D eigenvalue weighted by Gasteiger charge is 2.40. The molecule has 0 spiro atoms. The quantitative estimate of drug-likeness (QED) is 0.499. The zero-order valence-electron chi connectivity index (χ0n) is 15.8. The molecule has 0 radical (unpaired) electrons. The van der Waals surface area contributed by atoms with Crippen molar-refractivity contribution in [2.75, 3.05) is 0 Å². The summed E-state index contributed by atoms with van der Waals surface area (Å²) in [5.74, 6) is -0.483. The lowest BCUT2D eigenvalue weighted by molar-refractivity contribution is -0.167. The van der Waals surface area contributed by atoms with Crippen LogP contribution in [0.4, 0.5) is 0 Å². The second-order valence-electron chi connectivity index (χ2n) is 8.36. The van der Waals surface area contributed by atoms with E-state index in [2.05, 4.69) is 0 Å².